The molecule has 1 saturated carbocycles. The monoisotopic (exact) mass is 233 g/mol. The van der Waals surface area contributed by atoms with Crippen molar-refractivity contribution >= 4 is 9.84 Å². The average Bonchev–Trinajstić information content (AvgIpc) is 2.27. The lowest BCUT2D eigenvalue weighted by Crippen LogP contribution is -2.40. The molecule has 1 aliphatic rings. The molecule has 0 radical (unpaired) electrons. The number of hydrogen-bond donors (Lipinski definition) is 1. The van der Waals surface area contributed by atoms with Crippen LogP contribution < -0.4 is 5.32 Å². The molecule has 1 rings (SSSR count). The molecular formula is C11H23NO2S. The quantitative estimate of drug-likeness (QED) is 0.804. The van der Waals surface area contributed by atoms with Gasteiger partial charge in [0.15, 0.2) is 9.84 Å². The molecule has 3 atom stereocenters. The fourth-order valence-corrected chi connectivity index (χ4v) is 4.38. The van der Waals surface area contributed by atoms with E-state index >= 15 is 0 Å². The van der Waals surface area contributed by atoms with E-state index < -0.39 is 9.84 Å². The van der Waals surface area contributed by atoms with E-state index in [2.05, 4.69) is 5.32 Å². The molecule has 1 N–H and O–H groups in total. The summed E-state index contributed by atoms with van der Waals surface area (Å²) in [5.74, 6) is 0. The first kappa shape index (κ1) is 13.0. The highest BCUT2D eigenvalue weighted by Crippen LogP contribution is 2.27. The summed E-state index contributed by atoms with van der Waals surface area (Å²) in [6.45, 7) is 3.78. The Morgan fingerprint density at radius 1 is 1.40 bits per heavy atom. The maximum atomic E-state index is 12.2. The summed E-state index contributed by atoms with van der Waals surface area (Å²) in [5, 5.41) is 2.90. The number of sulfone groups is 1. The highest BCUT2D eigenvalue weighted by atomic mass is 32.2. The molecule has 1 aliphatic carbocycles. The molecule has 4 heteroatoms. The fourth-order valence-electron chi connectivity index (χ4n) is 2.27. The molecule has 0 aromatic rings. The Bertz CT molecular complexity index is 287. The lowest BCUT2D eigenvalue weighted by atomic mass is 9.95. The van der Waals surface area contributed by atoms with Gasteiger partial charge in [0.05, 0.1) is 10.5 Å². The fraction of sp³-hybridized carbons (Fsp3) is 1.00. The molecule has 0 heterocycles. The van der Waals surface area contributed by atoms with E-state index in [1.54, 1.807) is 0 Å². The standard InChI is InChI=1S/C11H23NO2S/c1-4-9(2)15(13,14)11-7-5-6-10(8-11)12-3/h9-12H,4-8H2,1-3H3. The minimum Gasteiger partial charge on any atom is -0.317 e. The van der Waals surface area contributed by atoms with Crippen molar-refractivity contribution in [3.8, 4) is 0 Å². The molecule has 90 valence electrons. The summed E-state index contributed by atoms with van der Waals surface area (Å²) in [6.07, 6.45) is 4.52. The van der Waals surface area contributed by atoms with Crippen LogP contribution in [0.4, 0.5) is 0 Å². The van der Waals surface area contributed by atoms with Crippen molar-refractivity contribution in [1.82, 2.24) is 5.32 Å². The van der Waals surface area contributed by atoms with Crippen LogP contribution in [0.15, 0.2) is 0 Å². The molecule has 0 amide bonds. The Balaban J connectivity index is 2.70. The first-order chi connectivity index (χ1) is 7.02. The van der Waals surface area contributed by atoms with Gasteiger partial charge in [0, 0.05) is 6.04 Å². The van der Waals surface area contributed by atoms with Gasteiger partial charge in [-0.3, -0.25) is 0 Å². The van der Waals surface area contributed by atoms with Gasteiger partial charge in [-0.05, 0) is 39.7 Å². The van der Waals surface area contributed by atoms with E-state index in [-0.39, 0.29) is 10.5 Å². The zero-order valence-corrected chi connectivity index (χ0v) is 10.8. The zero-order valence-electron chi connectivity index (χ0n) is 9.99. The average molecular weight is 233 g/mol. The van der Waals surface area contributed by atoms with Gasteiger partial charge in [-0.25, -0.2) is 8.42 Å². The third-order valence-corrected chi connectivity index (χ3v) is 6.45. The largest absolute Gasteiger partial charge is 0.317 e. The Kier molecular flexibility index (Phi) is 4.59. The van der Waals surface area contributed by atoms with Crippen molar-refractivity contribution < 1.29 is 8.42 Å². The smallest absolute Gasteiger partial charge is 0.155 e. The van der Waals surface area contributed by atoms with E-state index in [0.29, 0.717) is 6.04 Å². The van der Waals surface area contributed by atoms with Crippen LogP contribution in [-0.4, -0.2) is 32.0 Å². The lowest BCUT2D eigenvalue weighted by molar-refractivity contribution is 0.389. The minimum atomic E-state index is -2.90. The maximum absolute atomic E-state index is 12.2. The molecule has 0 aliphatic heterocycles. The Morgan fingerprint density at radius 3 is 2.60 bits per heavy atom. The third-order valence-electron chi connectivity index (χ3n) is 3.63. The van der Waals surface area contributed by atoms with Crippen molar-refractivity contribution in [2.45, 2.75) is 62.5 Å². The van der Waals surface area contributed by atoms with Gasteiger partial charge in [-0.2, -0.15) is 0 Å². The van der Waals surface area contributed by atoms with Crippen LogP contribution in [-0.2, 0) is 9.84 Å². The van der Waals surface area contributed by atoms with Gasteiger partial charge in [0.25, 0.3) is 0 Å². The number of nitrogens with one attached hydrogen (secondary N) is 1. The van der Waals surface area contributed by atoms with Crippen LogP contribution in [0.3, 0.4) is 0 Å². The second-order valence-electron chi connectivity index (χ2n) is 4.58. The molecule has 3 unspecified atom stereocenters. The van der Waals surface area contributed by atoms with Crippen molar-refractivity contribution in [2.24, 2.45) is 0 Å². The zero-order chi connectivity index (χ0) is 11.5. The molecule has 0 spiro atoms. The Labute approximate surface area is 93.6 Å². The molecule has 1 fully saturated rings. The van der Waals surface area contributed by atoms with Crippen LogP contribution in [0.25, 0.3) is 0 Å². The van der Waals surface area contributed by atoms with Crippen molar-refractivity contribution in [3.63, 3.8) is 0 Å². The first-order valence-electron chi connectivity index (χ1n) is 5.92. The second-order valence-corrected chi connectivity index (χ2v) is 7.23. The molecule has 0 aromatic carbocycles. The number of hydrogen-bond acceptors (Lipinski definition) is 3. The summed E-state index contributed by atoms with van der Waals surface area (Å²) >= 11 is 0. The van der Waals surface area contributed by atoms with Gasteiger partial charge in [0.2, 0.25) is 0 Å². The molecule has 0 saturated heterocycles. The van der Waals surface area contributed by atoms with Crippen LogP contribution in [0, 0.1) is 0 Å². The van der Waals surface area contributed by atoms with Crippen molar-refractivity contribution in [1.29, 1.82) is 0 Å². The van der Waals surface area contributed by atoms with Gasteiger partial charge in [-0.1, -0.05) is 13.3 Å². The molecule has 3 nitrogen and oxygen atoms in total. The Hall–Kier alpha value is -0.0900. The predicted molar refractivity (Wildman–Crippen MR) is 63.8 cm³/mol. The van der Waals surface area contributed by atoms with Gasteiger partial charge >= 0.3 is 0 Å². The summed E-state index contributed by atoms with van der Waals surface area (Å²) < 4.78 is 24.3. The van der Waals surface area contributed by atoms with Crippen LogP contribution in [0.5, 0.6) is 0 Å². The van der Waals surface area contributed by atoms with E-state index in [1.807, 2.05) is 20.9 Å². The second kappa shape index (κ2) is 5.30. The van der Waals surface area contributed by atoms with E-state index in [4.69, 9.17) is 0 Å². The van der Waals surface area contributed by atoms with Gasteiger partial charge in [0.1, 0.15) is 0 Å². The summed E-state index contributed by atoms with van der Waals surface area (Å²) in [6, 6.07) is 0.391. The summed E-state index contributed by atoms with van der Waals surface area (Å²) in [4.78, 5) is 0. The van der Waals surface area contributed by atoms with Crippen LogP contribution >= 0.6 is 0 Å². The first-order valence-corrected chi connectivity index (χ1v) is 7.53. The minimum absolute atomic E-state index is 0.112. The van der Waals surface area contributed by atoms with Crippen LogP contribution in [0.2, 0.25) is 0 Å². The van der Waals surface area contributed by atoms with Crippen molar-refractivity contribution in [3.05, 3.63) is 0 Å². The molecule has 0 aromatic heterocycles. The summed E-state index contributed by atoms with van der Waals surface area (Å²) in [7, 11) is -0.976. The number of rotatable bonds is 4. The third kappa shape index (κ3) is 2.94. The topological polar surface area (TPSA) is 46.2 Å². The van der Waals surface area contributed by atoms with Gasteiger partial charge < -0.3 is 5.32 Å². The summed E-state index contributed by atoms with van der Waals surface area (Å²) in [5.41, 5.74) is 0. The maximum Gasteiger partial charge on any atom is 0.155 e. The molecular weight excluding hydrogens is 210 g/mol. The van der Waals surface area contributed by atoms with Crippen LogP contribution in [0.1, 0.15) is 46.0 Å². The SMILES string of the molecule is CCC(C)S(=O)(=O)C1CCCC(NC)C1. The van der Waals surface area contributed by atoms with Crippen molar-refractivity contribution in [2.75, 3.05) is 7.05 Å². The van der Waals surface area contributed by atoms with Gasteiger partial charge in [-0.15, -0.1) is 0 Å². The van der Waals surface area contributed by atoms with E-state index in [1.165, 1.54) is 0 Å². The predicted octanol–water partition coefficient (Wildman–Crippen LogP) is 1.73. The normalized spacial score (nSPS) is 30.1. The molecule has 0 bridgehead atoms. The highest BCUT2D eigenvalue weighted by molar-refractivity contribution is 7.92. The van der Waals surface area contributed by atoms with E-state index in [9.17, 15) is 8.42 Å². The lowest BCUT2D eigenvalue weighted by Gasteiger charge is -2.30. The van der Waals surface area contributed by atoms with E-state index in [0.717, 1.165) is 32.1 Å². The Morgan fingerprint density at radius 2 is 2.07 bits per heavy atom. The highest BCUT2D eigenvalue weighted by Gasteiger charge is 2.33. The molecule has 15 heavy (non-hydrogen) atoms.